The minimum atomic E-state index is -0.0486. The molecule has 29 heavy (non-hydrogen) atoms. The van der Waals surface area contributed by atoms with Crippen molar-refractivity contribution in [2.75, 3.05) is 20.3 Å². The molecular weight excluding hydrogens is 358 g/mol. The second-order valence-corrected chi connectivity index (χ2v) is 9.00. The number of aliphatic hydroxyl groups is 1. The Labute approximate surface area is 173 Å². The molecule has 0 saturated carbocycles. The lowest BCUT2D eigenvalue weighted by Gasteiger charge is -2.33. The van der Waals surface area contributed by atoms with E-state index < -0.39 is 0 Å². The average Bonchev–Trinajstić information content (AvgIpc) is 2.72. The molecule has 0 aliphatic carbocycles. The van der Waals surface area contributed by atoms with Gasteiger partial charge in [0.1, 0.15) is 0 Å². The zero-order valence-electron chi connectivity index (χ0n) is 17.8. The fourth-order valence-corrected chi connectivity index (χ4v) is 4.84. The molecular formula is C26H30NO2+. The highest BCUT2D eigenvalue weighted by atomic mass is 16.5. The summed E-state index contributed by atoms with van der Waals surface area (Å²) in [5, 5.41) is 12.5. The van der Waals surface area contributed by atoms with Crippen LogP contribution < -0.4 is 4.57 Å². The van der Waals surface area contributed by atoms with Crippen LogP contribution in [0, 0.1) is 0 Å². The number of rotatable bonds is 4. The monoisotopic (exact) mass is 388 g/mol. The zero-order valence-corrected chi connectivity index (χ0v) is 17.8. The highest BCUT2D eigenvalue weighted by Crippen LogP contribution is 2.46. The quantitative estimate of drug-likeness (QED) is 0.508. The van der Waals surface area contributed by atoms with Crippen molar-refractivity contribution in [3.63, 3.8) is 0 Å². The smallest absolute Gasteiger partial charge is 0.213 e. The molecule has 0 bridgehead atoms. The Hall–Kier alpha value is -2.49. The number of pyridine rings is 1. The Morgan fingerprint density at radius 1 is 1.10 bits per heavy atom. The fourth-order valence-electron chi connectivity index (χ4n) is 4.84. The van der Waals surface area contributed by atoms with E-state index in [1.165, 1.54) is 27.5 Å². The van der Waals surface area contributed by atoms with Gasteiger partial charge in [-0.2, -0.15) is 4.57 Å². The normalized spacial score (nSPS) is 18.4. The van der Waals surface area contributed by atoms with Crippen LogP contribution in [0.3, 0.4) is 0 Å². The molecule has 0 spiro atoms. The second-order valence-electron chi connectivity index (χ2n) is 9.00. The van der Waals surface area contributed by atoms with Crippen LogP contribution in [0.15, 0.2) is 66.9 Å². The van der Waals surface area contributed by atoms with E-state index in [1.807, 2.05) is 6.07 Å². The van der Waals surface area contributed by atoms with E-state index >= 15 is 0 Å². The van der Waals surface area contributed by atoms with Gasteiger partial charge in [-0.3, -0.25) is 0 Å². The lowest BCUT2D eigenvalue weighted by molar-refractivity contribution is -0.709. The van der Waals surface area contributed by atoms with E-state index in [0.717, 1.165) is 11.3 Å². The zero-order chi connectivity index (χ0) is 20.8. The average molecular weight is 389 g/mol. The van der Waals surface area contributed by atoms with Crippen molar-refractivity contribution in [1.29, 1.82) is 0 Å². The molecule has 3 aromatic rings. The Morgan fingerprint density at radius 3 is 2.45 bits per heavy atom. The first-order chi connectivity index (χ1) is 13.9. The number of hydrogen-bond acceptors (Lipinski definition) is 2. The maximum absolute atomic E-state index is 9.96. The van der Waals surface area contributed by atoms with Gasteiger partial charge < -0.3 is 9.84 Å². The van der Waals surface area contributed by atoms with Gasteiger partial charge in [0.2, 0.25) is 5.69 Å². The van der Waals surface area contributed by atoms with E-state index in [-0.39, 0.29) is 24.0 Å². The van der Waals surface area contributed by atoms with E-state index in [1.54, 1.807) is 7.11 Å². The lowest BCUT2D eigenvalue weighted by Crippen LogP contribution is -2.49. The summed E-state index contributed by atoms with van der Waals surface area (Å²) < 4.78 is 7.94. The standard InChI is InChI=1S/C26H30NO2/c1-17(15-28)25-21(16-29-5)24-19-11-7-6-10-18(19)22(26(2,3)4)14-20(24)23-12-8-9-13-27(23)25/h6-14,21,25,28H,1,15-16H2,2-5H3/q+1. The molecule has 2 unspecified atom stereocenters. The molecule has 2 heterocycles. The van der Waals surface area contributed by atoms with Crippen LogP contribution in [0.1, 0.15) is 43.9 Å². The number of ether oxygens (including phenoxy) is 1. The number of fused-ring (bicyclic) bond motifs is 5. The summed E-state index contributed by atoms with van der Waals surface area (Å²) in [6.07, 6.45) is 2.10. The van der Waals surface area contributed by atoms with Crippen molar-refractivity contribution in [3.8, 4) is 11.3 Å². The van der Waals surface area contributed by atoms with E-state index in [0.29, 0.717) is 6.61 Å². The Balaban J connectivity index is 2.14. The number of benzene rings is 2. The molecule has 0 amide bonds. The van der Waals surface area contributed by atoms with Crippen LogP contribution in [0.5, 0.6) is 0 Å². The van der Waals surface area contributed by atoms with Gasteiger partial charge in [0, 0.05) is 24.8 Å². The van der Waals surface area contributed by atoms with Gasteiger partial charge in [-0.25, -0.2) is 0 Å². The van der Waals surface area contributed by atoms with Crippen molar-refractivity contribution < 1.29 is 14.4 Å². The van der Waals surface area contributed by atoms with Crippen LogP contribution >= 0.6 is 0 Å². The fraction of sp³-hybridized carbons (Fsp3) is 0.346. The summed E-state index contributed by atoms with van der Waals surface area (Å²) in [7, 11) is 1.75. The minimum Gasteiger partial charge on any atom is -0.392 e. The van der Waals surface area contributed by atoms with E-state index in [2.05, 4.69) is 80.6 Å². The molecule has 0 radical (unpaired) electrons. The van der Waals surface area contributed by atoms with Crippen molar-refractivity contribution in [3.05, 3.63) is 78.0 Å². The topological polar surface area (TPSA) is 33.3 Å². The molecule has 1 aromatic heterocycles. The molecule has 1 N–H and O–H groups in total. The van der Waals surface area contributed by atoms with Crippen LogP contribution in [-0.2, 0) is 10.2 Å². The largest absolute Gasteiger partial charge is 0.392 e. The summed E-state index contributed by atoms with van der Waals surface area (Å²) in [5.74, 6) is 0.0773. The first-order valence-electron chi connectivity index (χ1n) is 10.2. The Kier molecular flexibility index (Phi) is 5.05. The van der Waals surface area contributed by atoms with Gasteiger partial charge in [-0.1, -0.05) is 51.6 Å². The van der Waals surface area contributed by atoms with E-state index in [4.69, 9.17) is 4.74 Å². The Bertz CT molecular complexity index is 1080. The molecule has 150 valence electrons. The number of aliphatic hydroxyl groups excluding tert-OH is 1. The minimum absolute atomic E-state index is 0.0243. The highest BCUT2D eigenvalue weighted by Gasteiger charge is 2.43. The van der Waals surface area contributed by atoms with Crippen LogP contribution in [-0.4, -0.2) is 25.4 Å². The third-order valence-electron chi connectivity index (χ3n) is 6.08. The van der Waals surface area contributed by atoms with Crippen LogP contribution in [0.4, 0.5) is 0 Å². The van der Waals surface area contributed by atoms with Crippen molar-refractivity contribution in [2.45, 2.75) is 38.1 Å². The molecule has 2 aromatic carbocycles. The molecule has 0 fully saturated rings. The number of methoxy groups -OCH3 is 1. The number of aromatic nitrogens is 1. The molecule has 4 rings (SSSR count). The second kappa shape index (κ2) is 7.40. The van der Waals surface area contributed by atoms with Crippen molar-refractivity contribution in [1.82, 2.24) is 0 Å². The first kappa shape index (κ1) is 19.8. The molecule has 2 atom stereocenters. The SMILES string of the molecule is C=C(CO)C1C(COC)c2c(cc(C(C)(C)C)c3ccccc23)-c2cccc[n+]21. The van der Waals surface area contributed by atoms with Gasteiger partial charge in [-0.15, -0.1) is 0 Å². The number of nitrogens with zero attached hydrogens (tertiary/aromatic N) is 1. The van der Waals surface area contributed by atoms with Gasteiger partial charge in [-0.05, 0) is 39.4 Å². The third-order valence-corrected chi connectivity index (χ3v) is 6.08. The number of hydrogen-bond donors (Lipinski definition) is 1. The summed E-state index contributed by atoms with van der Waals surface area (Å²) in [6.45, 7) is 11.5. The predicted molar refractivity (Wildman–Crippen MR) is 118 cm³/mol. The highest BCUT2D eigenvalue weighted by molar-refractivity contribution is 5.95. The van der Waals surface area contributed by atoms with Gasteiger partial charge in [0.05, 0.1) is 24.7 Å². The van der Waals surface area contributed by atoms with Gasteiger partial charge >= 0.3 is 0 Å². The molecule has 1 aliphatic rings. The summed E-state index contributed by atoms with van der Waals surface area (Å²) in [6, 6.07) is 17.3. The lowest BCUT2D eigenvalue weighted by atomic mass is 9.74. The Morgan fingerprint density at radius 2 is 1.79 bits per heavy atom. The van der Waals surface area contributed by atoms with E-state index in [9.17, 15) is 5.11 Å². The van der Waals surface area contributed by atoms with Crippen molar-refractivity contribution >= 4 is 10.8 Å². The van der Waals surface area contributed by atoms with Gasteiger partial charge in [0.25, 0.3) is 0 Å². The first-order valence-corrected chi connectivity index (χ1v) is 10.2. The van der Waals surface area contributed by atoms with Gasteiger partial charge in [0.15, 0.2) is 12.2 Å². The summed E-state index contributed by atoms with van der Waals surface area (Å²) in [4.78, 5) is 0. The molecule has 1 aliphatic heterocycles. The maximum atomic E-state index is 9.96. The van der Waals surface area contributed by atoms with Crippen molar-refractivity contribution in [2.24, 2.45) is 0 Å². The maximum Gasteiger partial charge on any atom is 0.213 e. The summed E-state index contributed by atoms with van der Waals surface area (Å²) in [5.41, 5.74) is 5.87. The predicted octanol–water partition coefficient (Wildman–Crippen LogP) is 4.93. The van der Waals surface area contributed by atoms with Crippen LogP contribution in [0.25, 0.3) is 22.0 Å². The summed E-state index contributed by atoms with van der Waals surface area (Å²) >= 11 is 0. The van der Waals surface area contributed by atoms with Crippen LogP contribution in [0.2, 0.25) is 0 Å². The third kappa shape index (κ3) is 3.19. The molecule has 3 heteroatoms. The molecule has 0 saturated heterocycles. The molecule has 3 nitrogen and oxygen atoms in total.